The van der Waals surface area contributed by atoms with Crippen LogP contribution >= 0.6 is 11.8 Å². The van der Waals surface area contributed by atoms with Crippen molar-refractivity contribution in [1.82, 2.24) is 9.91 Å². The molecule has 3 unspecified atom stereocenters. The second-order valence-corrected chi connectivity index (χ2v) is 10.1. The highest BCUT2D eigenvalue weighted by Gasteiger charge is 2.53. The van der Waals surface area contributed by atoms with Crippen molar-refractivity contribution in [3.8, 4) is 5.75 Å². The van der Waals surface area contributed by atoms with Gasteiger partial charge in [-0.05, 0) is 55.3 Å². The van der Waals surface area contributed by atoms with Crippen molar-refractivity contribution in [2.45, 2.75) is 43.1 Å². The minimum atomic E-state index is -0.671. The average molecular weight is 484 g/mol. The lowest BCUT2D eigenvalue weighted by Gasteiger charge is -2.29. The summed E-state index contributed by atoms with van der Waals surface area (Å²) in [4.78, 5) is 39.4. The van der Waals surface area contributed by atoms with E-state index in [1.165, 1.54) is 5.01 Å². The smallest absolute Gasteiger partial charge is 0.330 e. The number of furan rings is 1. The fourth-order valence-electron chi connectivity index (χ4n) is 4.69. The van der Waals surface area contributed by atoms with Crippen LogP contribution in [0.25, 0.3) is 0 Å². The number of methoxy groups -OCH3 is 1. The number of fused-ring (bicyclic) bond motifs is 1. The summed E-state index contributed by atoms with van der Waals surface area (Å²) < 4.78 is 16.2. The van der Waals surface area contributed by atoms with E-state index in [-0.39, 0.29) is 10.8 Å². The van der Waals surface area contributed by atoms with Gasteiger partial charge in [0.05, 0.1) is 24.0 Å². The first kappa shape index (κ1) is 22.5. The molecule has 0 saturated carbocycles. The molecule has 34 heavy (non-hydrogen) atoms. The highest BCUT2D eigenvalue weighted by atomic mass is 32.2. The molecule has 0 aliphatic carbocycles. The van der Waals surface area contributed by atoms with E-state index in [4.69, 9.17) is 13.9 Å². The van der Waals surface area contributed by atoms with Gasteiger partial charge in [0.25, 0.3) is 5.91 Å². The molecule has 1 aromatic heterocycles. The van der Waals surface area contributed by atoms with E-state index in [1.54, 1.807) is 42.2 Å². The Hall–Kier alpha value is -3.27. The van der Waals surface area contributed by atoms with Crippen molar-refractivity contribution < 1.29 is 28.3 Å². The second kappa shape index (κ2) is 8.83. The molecule has 4 heterocycles. The second-order valence-electron chi connectivity index (χ2n) is 8.62. The van der Waals surface area contributed by atoms with Crippen molar-refractivity contribution in [3.63, 3.8) is 0 Å². The van der Waals surface area contributed by atoms with Gasteiger partial charge >= 0.3 is 5.97 Å². The first-order chi connectivity index (χ1) is 16.4. The van der Waals surface area contributed by atoms with Crippen LogP contribution in [0, 0.1) is 0 Å². The number of nitrogens with zero attached hydrogens (tertiary/aromatic N) is 3. The normalized spacial score (nSPS) is 25.9. The fourth-order valence-corrected chi connectivity index (χ4v) is 6.11. The lowest BCUT2D eigenvalue weighted by atomic mass is 10.0. The van der Waals surface area contributed by atoms with Gasteiger partial charge in [0.2, 0.25) is 5.91 Å². The van der Waals surface area contributed by atoms with Crippen LogP contribution in [-0.4, -0.2) is 63.8 Å². The number of esters is 1. The maximum atomic E-state index is 13.1. The Balaban J connectivity index is 1.30. The van der Waals surface area contributed by atoms with Crippen LogP contribution in [-0.2, 0) is 19.1 Å². The molecule has 0 N–H and O–H groups in total. The summed E-state index contributed by atoms with van der Waals surface area (Å²) >= 11 is 1.58. The lowest BCUT2D eigenvalue weighted by molar-refractivity contribution is -0.159. The molecule has 2 aromatic rings. The molecule has 2 amide bonds. The molecule has 3 aliphatic rings. The summed E-state index contributed by atoms with van der Waals surface area (Å²) in [6.45, 7) is 1.50. The van der Waals surface area contributed by atoms with Crippen molar-refractivity contribution in [3.05, 3.63) is 54.0 Å². The summed E-state index contributed by atoms with van der Waals surface area (Å²) in [6, 6.07) is 9.86. The number of ether oxygens (including phenoxy) is 2. The van der Waals surface area contributed by atoms with Crippen LogP contribution in [0.2, 0.25) is 0 Å². The maximum absolute atomic E-state index is 13.1. The van der Waals surface area contributed by atoms with E-state index in [9.17, 15) is 14.4 Å². The van der Waals surface area contributed by atoms with E-state index in [0.29, 0.717) is 36.5 Å². The predicted molar refractivity (Wildman–Crippen MR) is 124 cm³/mol. The van der Waals surface area contributed by atoms with Crippen molar-refractivity contribution in [1.29, 1.82) is 0 Å². The standard InChI is InChI=1S/C24H25N3O6S/c1-24-10-9-21(28)26(24)19(14-34-24)23(30)33-13-22(29)27-18(20-4-3-11-32-20)12-17(25-27)15-5-7-16(31-2)8-6-15/h3-8,11,18-19H,9-10,12-14H2,1-2H3. The molecule has 178 valence electrons. The predicted octanol–water partition coefficient (Wildman–Crippen LogP) is 2.96. The Morgan fingerprint density at radius 3 is 2.76 bits per heavy atom. The summed E-state index contributed by atoms with van der Waals surface area (Å²) in [6.07, 6.45) is 3.14. The number of hydrogen-bond donors (Lipinski definition) is 0. The quantitative estimate of drug-likeness (QED) is 0.582. The molecule has 0 bridgehead atoms. The number of hydrazone groups is 1. The topological polar surface area (TPSA) is 102 Å². The fraction of sp³-hybridized carbons (Fsp3) is 0.417. The molecule has 0 radical (unpaired) electrons. The molecule has 2 fully saturated rings. The zero-order valence-electron chi connectivity index (χ0n) is 18.9. The van der Waals surface area contributed by atoms with Gasteiger partial charge in [-0.3, -0.25) is 9.59 Å². The molecule has 0 spiro atoms. The molecular formula is C24H25N3O6S. The average Bonchev–Trinajstić information content (AvgIpc) is 3.62. The Bertz CT molecular complexity index is 1130. The number of carbonyl (C=O) groups excluding carboxylic acids is 3. The van der Waals surface area contributed by atoms with Crippen LogP contribution < -0.4 is 4.74 Å². The number of thioether (sulfide) groups is 1. The molecule has 3 aliphatic heterocycles. The summed E-state index contributed by atoms with van der Waals surface area (Å²) in [5.41, 5.74) is 1.58. The van der Waals surface area contributed by atoms with Gasteiger partial charge in [-0.2, -0.15) is 5.10 Å². The molecule has 2 saturated heterocycles. The molecule has 3 atom stereocenters. The van der Waals surface area contributed by atoms with E-state index in [0.717, 1.165) is 11.3 Å². The van der Waals surface area contributed by atoms with Crippen LogP contribution in [0.1, 0.15) is 43.6 Å². The van der Waals surface area contributed by atoms with Gasteiger partial charge in [-0.25, -0.2) is 9.80 Å². The molecule has 1 aromatic carbocycles. The van der Waals surface area contributed by atoms with Crippen molar-refractivity contribution >= 4 is 35.3 Å². The number of hydrogen-bond acceptors (Lipinski definition) is 8. The number of amides is 2. The van der Waals surface area contributed by atoms with E-state index in [2.05, 4.69) is 5.10 Å². The third-order valence-electron chi connectivity index (χ3n) is 6.52. The first-order valence-corrected chi connectivity index (χ1v) is 12.1. The van der Waals surface area contributed by atoms with Crippen molar-refractivity contribution in [2.24, 2.45) is 5.10 Å². The highest BCUT2D eigenvalue weighted by Crippen LogP contribution is 2.47. The Morgan fingerprint density at radius 2 is 2.06 bits per heavy atom. The van der Waals surface area contributed by atoms with Gasteiger partial charge < -0.3 is 18.8 Å². The summed E-state index contributed by atoms with van der Waals surface area (Å²) in [5, 5.41) is 5.86. The zero-order valence-corrected chi connectivity index (χ0v) is 19.7. The van der Waals surface area contributed by atoms with Gasteiger partial charge in [0.1, 0.15) is 23.6 Å². The third-order valence-corrected chi connectivity index (χ3v) is 8.02. The van der Waals surface area contributed by atoms with Crippen LogP contribution in [0.3, 0.4) is 0 Å². The molecule has 5 rings (SSSR count). The Kier molecular flexibility index (Phi) is 5.85. The van der Waals surface area contributed by atoms with Gasteiger partial charge in [-0.15, -0.1) is 11.8 Å². The van der Waals surface area contributed by atoms with Crippen LogP contribution in [0.15, 0.2) is 52.2 Å². The van der Waals surface area contributed by atoms with Crippen molar-refractivity contribution in [2.75, 3.05) is 19.5 Å². The maximum Gasteiger partial charge on any atom is 0.330 e. The molecular weight excluding hydrogens is 458 g/mol. The highest BCUT2D eigenvalue weighted by molar-refractivity contribution is 8.01. The number of carbonyl (C=O) groups is 3. The minimum absolute atomic E-state index is 0.0491. The monoisotopic (exact) mass is 483 g/mol. The summed E-state index contributed by atoms with van der Waals surface area (Å²) in [7, 11) is 1.60. The van der Waals surface area contributed by atoms with Crippen LogP contribution in [0.5, 0.6) is 5.75 Å². The van der Waals surface area contributed by atoms with E-state index in [1.807, 2.05) is 31.2 Å². The number of benzene rings is 1. The van der Waals surface area contributed by atoms with Gasteiger partial charge in [0.15, 0.2) is 6.61 Å². The number of rotatable bonds is 6. The first-order valence-electron chi connectivity index (χ1n) is 11.1. The summed E-state index contributed by atoms with van der Waals surface area (Å²) in [5.74, 6) is 0.715. The Labute approximate surface area is 201 Å². The third kappa shape index (κ3) is 3.96. The largest absolute Gasteiger partial charge is 0.497 e. The lowest BCUT2D eigenvalue weighted by Crippen LogP contribution is -2.47. The van der Waals surface area contributed by atoms with Gasteiger partial charge in [0, 0.05) is 18.6 Å². The Morgan fingerprint density at radius 1 is 1.26 bits per heavy atom. The van der Waals surface area contributed by atoms with Gasteiger partial charge in [-0.1, -0.05) is 0 Å². The van der Waals surface area contributed by atoms with E-state index < -0.39 is 30.6 Å². The zero-order chi connectivity index (χ0) is 23.9. The van der Waals surface area contributed by atoms with Crippen LogP contribution in [0.4, 0.5) is 0 Å². The van der Waals surface area contributed by atoms with E-state index >= 15 is 0 Å². The minimum Gasteiger partial charge on any atom is -0.497 e. The molecule has 10 heteroatoms. The SMILES string of the molecule is COc1ccc(C2=NN(C(=O)COC(=O)C3CSC4(C)CCC(=O)N34)C(c3ccco3)C2)cc1. The molecule has 9 nitrogen and oxygen atoms in total.